The van der Waals surface area contributed by atoms with Crippen LogP contribution in [-0.2, 0) is 21.4 Å². The molecular formula is C21H16BrCl3N2O3S. The van der Waals surface area contributed by atoms with Gasteiger partial charge in [-0.15, -0.1) is 0 Å². The Morgan fingerprint density at radius 2 is 1.61 bits per heavy atom. The quantitative estimate of drug-likeness (QED) is 0.371. The molecule has 3 aromatic carbocycles. The number of para-hydroxylation sites is 1. The fourth-order valence-corrected chi connectivity index (χ4v) is 5.02. The number of amides is 1. The predicted molar refractivity (Wildman–Crippen MR) is 128 cm³/mol. The summed E-state index contributed by atoms with van der Waals surface area (Å²) >= 11 is 21.6. The first-order valence-corrected chi connectivity index (χ1v) is 12.3. The molecular weight excluding hydrogens is 547 g/mol. The van der Waals surface area contributed by atoms with Crippen molar-refractivity contribution < 1.29 is 13.2 Å². The second-order valence-electron chi connectivity index (χ2n) is 6.49. The summed E-state index contributed by atoms with van der Waals surface area (Å²) in [7, 11) is -4.01. The number of nitrogens with one attached hydrogen (secondary N) is 1. The lowest BCUT2D eigenvalue weighted by Gasteiger charge is -2.23. The first-order chi connectivity index (χ1) is 14.7. The molecule has 0 saturated carbocycles. The highest BCUT2D eigenvalue weighted by Crippen LogP contribution is 2.26. The molecule has 1 N–H and O–H groups in total. The van der Waals surface area contributed by atoms with Crippen LogP contribution in [0.25, 0.3) is 0 Å². The lowest BCUT2D eigenvalue weighted by Crippen LogP contribution is -2.37. The number of hydrogen-bond donors (Lipinski definition) is 1. The molecule has 0 fully saturated rings. The third-order valence-electron chi connectivity index (χ3n) is 4.28. The van der Waals surface area contributed by atoms with E-state index in [1.807, 2.05) is 0 Å². The number of carbonyl (C=O) groups is 1. The van der Waals surface area contributed by atoms with Crippen LogP contribution in [0, 0.1) is 0 Å². The van der Waals surface area contributed by atoms with E-state index in [9.17, 15) is 13.2 Å². The Kier molecular flexibility index (Phi) is 8.02. The van der Waals surface area contributed by atoms with Crippen molar-refractivity contribution in [2.45, 2.75) is 11.4 Å². The van der Waals surface area contributed by atoms with E-state index in [1.54, 1.807) is 48.5 Å². The number of carbonyl (C=O) groups excluding carboxylic acids is 1. The molecule has 0 spiro atoms. The van der Waals surface area contributed by atoms with Crippen LogP contribution in [0.5, 0.6) is 0 Å². The number of hydrogen-bond acceptors (Lipinski definition) is 3. The largest absolute Gasteiger partial charge is 0.324 e. The van der Waals surface area contributed by atoms with Gasteiger partial charge in [0.15, 0.2) is 0 Å². The van der Waals surface area contributed by atoms with Gasteiger partial charge in [-0.05, 0) is 54.1 Å². The fraction of sp³-hybridized carbons (Fsp3) is 0.0952. The minimum absolute atomic E-state index is 0.0475. The van der Waals surface area contributed by atoms with Gasteiger partial charge < -0.3 is 5.32 Å². The second kappa shape index (κ2) is 10.3. The zero-order valence-corrected chi connectivity index (χ0v) is 20.5. The van der Waals surface area contributed by atoms with Gasteiger partial charge in [0.25, 0.3) is 0 Å². The van der Waals surface area contributed by atoms with Gasteiger partial charge in [0.1, 0.15) is 0 Å². The van der Waals surface area contributed by atoms with Crippen molar-refractivity contribution in [3.63, 3.8) is 0 Å². The molecule has 0 aliphatic heterocycles. The van der Waals surface area contributed by atoms with Crippen molar-refractivity contribution in [1.29, 1.82) is 0 Å². The molecule has 0 atom stereocenters. The van der Waals surface area contributed by atoms with Crippen LogP contribution in [-0.4, -0.2) is 25.2 Å². The summed E-state index contributed by atoms with van der Waals surface area (Å²) in [4.78, 5) is 12.7. The molecule has 3 rings (SSSR count). The van der Waals surface area contributed by atoms with E-state index in [4.69, 9.17) is 34.8 Å². The lowest BCUT2D eigenvalue weighted by molar-refractivity contribution is -0.116. The van der Waals surface area contributed by atoms with Crippen LogP contribution in [0.15, 0.2) is 76.1 Å². The summed E-state index contributed by atoms with van der Waals surface area (Å²) in [6, 6.07) is 17.6. The van der Waals surface area contributed by atoms with Gasteiger partial charge >= 0.3 is 0 Å². The molecule has 0 radical (unpaired) electrons. The van der Waals surface area contributed by atoms with Gasteiger partial charge in [-0.3, -0.25) is 4.79 Å². The number of nitrogens with zero attached hydrogens (tertiary/aromatic N) is 1. The molecule has 31 heavy (non-hydrogen) atoms. The molecule has 0 aliphatic rings. The van der Waals surface area contributed by atoms with E-state index >= 15 is 0 Å². The Hall–Kier alpha value is -1.61. The topological polar surface area (TPSA) is 66.5 Å². The van der Waals surface area contributed by atoms with E-state index in [2.05, 4.69) is 21.2 Å². The molecule has 0 bridgehead atoms. The molecule has 10 heteroatoms. The maximum absolute atomic E-state index is 13.3. The molecule has 0 aromatic heterocycles. The summed E-state index contributed by atoms with van der Waals surface area (Å²) < 4.78 is 28.4. The average molecular weight is 563 g/mol. The van der Waals surface area contributed by atoms with Gasteiger partial charge in [-0.1, -0.05) is 68.9 Å². The number of sulfonamides is 1. The first-order valence-electron chi connectivity index (χ1n) is 8.91. The van der Waals surface area contributed by atoms with Crippen molar-refractivity contribution in [2.75, 3.05) is 11.9 Å². The molecule has 0 unspecified atom stereocenters. The number of benzene rings is 3. The zero-order valence-electron chi connectivity index (χ0n) is 15.9. The normalized spacial score (nSPS) is 11.5. The van der Waals surface area contributed by atoms with Gasteiger partial charge in [0.2, 0.25) is 15.9 Å². The average Bonchev–Trinajstić information content (AvgIpc) is 2.71. The van der Waals surface area contributed by atoms with Crippen LogP contribution in [0.2, 0.25) is 15.1 Å². The maximum Gasteiger partial charge on any atom is 0.243 e. The summed E-state index contributed by atoms with van der Waals surface area (Å²) in [6.45, 7) is -0.563. The molecule has 0 aliphatic carbocycles. The Morgan fingerprint density at radius 3 is 2.26 bits per heavy atom. The smallest absolute Gasteiger partial charge is 0.243 e. The molecule has 5 nitrogen and oxygen atoms in total. The Morgan fingerprint density at radius 1 is 0.935 bits per heavy atom. The van der Waals surface area contributed by atoms with Crippen LogP contribution in [0.1, 0.15) is 5.56 Å². The Labute approximate surface area is 204 Å². The Balaban J connectivity index is 1.92. The highest BCUT2D eigenvalue weighted by Gasteiger charge is 2.28. The van der Waals surface area contributed by atoms with Crippen molar-refractivity contribution in [1.82, 2.24) is 4.31 Å². The number of rotatable bonds is 7. The third-order valence-corrected chi connectivity index (χ3v) is 7.53. The monoisotopic (exact) mass is 560 g/mol. The summed E-state index contributed by atoms with van der Waals surface area (Å²) in [6.07, 6.45) is 0. The molecule has 1 amide bonds. The Bertz CT molecular complexity index is 1200. The highest BCUT2D eigenvalue weighted by atomic mass is 79.9. The van der Waals surface area contributed by atoms with Crippen LogP contribution in [0.4, 0.5) is 5.69 Å². The highest BCUT2D eigenvalue weighted by molar-refractivity contribution is 9.10. The van der Waals surface area contributed by atoms with Gasteiger partial charge in [0.05, 0.1) is 22.2 Å². The summed E-state index contributed by atoms with van der Waals surface area (Å²) in [5.74, 6) is -0.543. The summed E-state index contributed by atoms with van der Waals surface area (Å²) in [5, 5.41) is 3.72. The minimum Gasteiger partial charge on any atom is -0.324 e. The number of anilines is 1. The van der Waals surface area contributed by atoms with Gasteiger partial charge in [-0.25, -0.2) is 8.42 Å². The van der Waals surface area contributed by atoms with E-state index in [0.29, 0.717) is 26.3 Å². The maximum atomic E-state index is 13.3. The molecule has 0 saturated heterocycles. The van der Waals surface area contributed by atoms with Crippen molar-refractivity contribution in [3.8, 4) is 0 Å². The molecule has 0 heterocycles. The van der Waals surface area contributed by atoms with Crippen LogP contribution >= 0.6 is 50.7 Å². The second-order valence-corrected chi connectivity index (χ2v) is 10.6. The molecule has 3 aromatic rings. The summed E-state index contributed by atoms with van der Waals surface area (Å²) in [5.41, 5.74) is 0.900. The molecule has 162 valence electrons. The van der Waals surface area contributed by atoms with E-state index in [0.717, 1.165) is 8.78 Å². The predicted octanol–water partition coefficient (Wildman–Crippen LogP) is 6.24. The van der Waals surface area contributed by atoms with Crippen molar-refractivity contribution in [2.24, 2.45) is 0 Å². The third kappa shape index (κ3) is 6.22. The first kappa shape index (κ1) is 24.0. The van der Waals surface area contributed by atoms with Crippen molar-refractivity contribution in [3.05, 3.63) is 91.8 Å². The zero-order chi connectivity index (χ0) is 22.6. The van der Waals surface area contributed by atoms with E-state index in [1.165, 1.54) is 18.2 Å². The van der Waals surface area contributed by atoms with Crippen LogP contribution < -0.4 is 5.32 Å². The SMILES string of the molecule is O=C(CN(Cc1ccc(Cl)cc1Cl)S(=O)(=O)c1ccc(Br)cc1)Nc1ccccc1Cl. The standard InChI is InChI=1S/C21H16BrCl3N2O3S/c22-15-6-9-17(10-7-15)31(29,30)27(12-14-5-8-16(23)11-19(14)25)13-21(28)26-20-4-2-1-3-18(20)24/h1-11H,12-13H2,(H,26,28). The van der Waals surface area contributed by atoms with E-state index in [-0.39, 0.29) is 11.4 Å². The van der Waals surface area contributed by atoms with Crippen LogP contribution in [0.3, 0.4) is 0 Å². The fourth-order valence-electron chi connectivity index (χ4n) is 2.73. The lowest BCUT2D eigenvalue weighted by atomic mass is 10.2. The van der Waals surface area contributed by atoms with Gasteiger partial charge in [-0.2, -0.15) is 4.31 Å². The van der Waals surface area contributed by atoms with Gasteiger partial charge in [0, 0.05) is 21.1 Å². The van der Waals surface area contributed by atoms with E-state index < -0.39 is 22.5 Å². The number of halogens is 4. The van der Waals surface area contributed by atoms with Crippen molar-refractivity contribution >= 4 is 72.4 Å². The minimum atomic E-state index is -4.01.